The molecule has 1 heteroatoms. The van der Waals surface area contributed by atoms with Gasteiger partial charge in [0.1, 0.15) is 0 Å². The van der Waals surface area contributed by atoms with E-state index in [9.17, 15) is 0 Å². The van der Waals surface area contributed by atoms with Crippen LogP contribution >= 0.6 is 0 Å². The highest BCUT2D eigenvalue weighted by atomic mass is 15.2. The van der Waals surface area contributed by atoms with Crippen LogP contribution in [0.2, 0.25) is 0 Å². The maximum absolute atomic E-state index is 4.20. The summed E-state index contributed by atoms with van der Waals surface area (Å²) in [5.41, 5.74) is 3.51. The molecule has 0 spiro atoms. The molecule has 1 aliphatic heterocycles. The maximum atomic E-state index is 4.20. The number of hydrogen-bond donors (Lipinski definition) is 0. The minimum atomic E-state index is 0.613. The third-order valence-electron chi connectivity index (χ3n) is 3.29. The first-order valence-electron chi connectivity index (χ1n) is 6.03. The summed E-state index contributed by atoms with van der Waals surface area (Å²) < 4.78 is 0. The molecule has 1 nitrogen and oxygen atoms in total. The third-order valence-corrected chi connectivity index (χ3v) is 3.29. The van der Waals surface area contributed by atoms with Gasteiger partial charge in [-0.1, -0.05) is 37.0 Å². The van der Waals surface area contributed by atoms with Gasteiger partial charge in [0, 0.05) is 18.3 Å². The molecule has 1 atom stereocenters. The summed E-state index contributed by atoms with van der Waals surface area (Å²) in [4.78, 5) is 2.39. The molecule has 1 rings (SSSR count). The zero-order valence-electron chi connectivity index (χ0n) is 10.8. The Morgan fingerprint density at radius 3 is 2.56 bits per heavy atom. The number of hydrogen-bond acceptors (Lipinski definition) is 1. The fraction of sp³-hybridized carbons (Fsp3) is 0.467. The Balaban J connectivity index is 2.85. The molecule has 88 valence electrons. The van der Waals surface area contributed by atoms with E-state index in [4.69, 9.17) is 0 Å². The zero-order valence-corrected chi connectivity index (χ0v) is 10.8. The van der Waals surface area contributed by atoms with E-state index in [1.165, 1.54) is 18.4 Å². The first-order valence-corrected chi connectivity index (χ1v) is 6.03. The van der Waals surface area contributed by atoms with E-state index >= 15 is 0 Å². The van der Waals surface area contributed by atoms with Gasteiger partial charge < -0.3 is 4.90 Å². The van der Waals surface area contributed by atoms with E-state index in [2.05, 4.69) is 44.1 Å². The lowest BCUT2D eigenvalue weighted by Gasteiger charge is -2.26. The molecule has 0 radical (unpaired) electrons. The van der Waals surface area contributed by atoms with Crippen molar-refractivity contribution in [2.75, 3.05) is 6.54 Å². The minimum Gasteiger partial charge on any atom is -0.369 e. The quantitative estimate of drug-likeness (QED) is 0.642. The van der Waals surface area contributed by atoms with Gasteiger partial charge in [0.15, 0.2) is 0 Å². The standard InChI is InChI=1S/C15H23N/c1-6-12(3)11-15(7-2)14(5)16-10-8-9-13(16)4/h6-7,11,13H,2,5,8-10H2,1,3-4H3/b12-6-,15-11+. The van der Waals surface area contributed by atoms with Crippen LogP contribution in [0.3, 0.4) is 0 Å². The molecule has 0 aromatic rings. The second-order valence-electron chi connectivity index (χ2n) is 4.47. The molecule has 0 amide bonds. The van der Waals surface area contributed by atoms with Crippen molar-refractivity contribution in [3.05, 3.63) is 48.2 Å². The monoisotopic (exact) mass is 217 g/mol. The van der Waals surface area contributed by atoms with E-state index in [-0.39, 0.29) is 0 Å². The topological polar surface area (TPSA) is 3.24 Å². The Morgan fingerprint density at radius 1 is 1.44 bits per heavy atom. The SMILES string of the molecule is C=C/C(=C\C(C)=C/C)C(=C)N1CCCC1C. The summed E-state index contributed by atoms with van der Waals surface area (Å²) in [5, 5.41) is 0. The fourth-order valence-corrected chi connectivity index (χ4v) is 2.09. The molecule has 0 aromatic heterocycles. The lowest BCUT2D eigenvalue weighted by atomic mass is 10.1. The molecule has 1 fully saturated rings. The van der Waals surface area contributed by atoms with Crippen LogP contribution in [-0.2, 0) is 0 Å². The third kappa shape index (κ3) is 2.88. The van der Waals surface area contributed by atoms with Crippen LogP contribution in [0.4, 0.5) is 0 Å². The predicted molar refractivity (Wildman–Crippen MR) is 72.3 cm³/mol. The highest BCUT2D eigenvalue weighted by Crippen LogP contribution is 2.26. The second kappa shape index (κ2) is 5.74. The molecule has 0 saturated carbocycles. The van der Waals surface area contributed by atoms with Gasteiger partial charge in [0.05, 0.1) is 0 Å². The fourth-order valence-electron chi connectivity index (χ4n) is 2.09. The van der Waals surface area contributed by atoms with Crippen LogP contribution in [0, 0.1) is 0 Å². The summed E-state index contributed by atoms with van der Waals surface area (Å²) in [7, 11) is 0. The normalized spacial score (nSPS) is 22.4. The molecule has 0 bridgehead atoms. The molecule has 0 aromatic carbocycles. The predicted octanol–water partition coefficient (Wildman–Crippen LogP) is 4.06. The molecule has 1 heterocycles. The molecule has 0 N–H and O–H groups in total. The first-order chi connectivity index (χ1) is 7.60. The summed E-state index contributed by atoms with van der Waals surface area (Å²) in [6.45, 7) is 15.6. The summed E-state index contributed by atoms with van der Waals surface area (Å²) >= 11 is 0. The van der Waals surface area contributed by atoms with E-state index in [1.54, 1.807) is 0 Å². The number of likely N-dealkylation sites (tertiary alicyclic amines) is 1. The number of rotatable bonds is 4. The summed E-state index contributed by atoms with van der Waals surface area (Å²) in [5.74, 6) is 0. The van der Waals surface area contributed by atoms with E-state index in [0.29, 0.717) is 6.04 Å². The number of allylic oxidation sites excluding steroid dienone is 4. The lowest BCUT2D eigenvalue weighted by molar-refractivity contribution is 0.349. The van der Waals surface area contributed by atoms with Crippen LogP contribution in [0.1, 0.15) is 33.6 Å². The van der Waals surface area contributed by atoms with Crippen LogP contribution in [-0.4, -0.2) is 17.5 Å². The highest BCUT2D eigenvalue weighted by molar-refractivity contribution is 5.41. The summed E-state index contributed by atoms with van der Waals surface area (Å²) in [6, 6.07) is 0.613. The van der Waals surface area contributed by atoms with Crippen molar-refractivity contribution < 1.29 is 0 Å². The average molecular weight is 217 g/mol. The van der Waals surface area contributed by atoms with Crippen LogP contribution < -0.4 is 0 Å². The lowest BCUT2D eigenvalue weighted by Crippen LogP contribution is -2.26. The molecular weight excluding hydrogens is 194 g/mol. The second-order valence-corrected chi connectivity index (χ2v) is 4.47. The Labute approximate surface area is 99.8 Å². The van der Waals surface area contributed by atoms with Gasteiger partial charge in [-0.15, -0.1) is 0 Å². The van der Waals surface area contributed by atoms with Crippen molar-refractivity contribution in [1.29, 1.82) is 0 Å². The zero-order chi connectivity index (χ0) is 12.1. The Hall–Kier alpha value is -1.24. The smallest absolute Gasteiger partial charge is 0.0369 e. The van der Waals surface area contributed by atoms with E-state index in [0.717, 1.165) is 17.8 Å². The molecule has 16 heavy (non-hydrogen) atoms. The molecular formula is C15H23N. The maximum Gasteiger partial charge on any atom is 0.0369 e. The average Bonchev–Trinajstić information content (AvgIpc) is 2.71. The summed E-state index contributed by atoms with van der Waals surface area (Å²) in [6.07, 6.45) is 8.70. The van der Waals surface area contributed by atoms with Gasteiger partial charge in [-0.05, 0) is 39.2 Å². The van der Waals surface area contributed by atoms with Gasteiger partial charge >= 0.3 is 0 Å². The van der Waals surface area contributed by atoms with Crippen LogP contribution in [0.5, 0.6) is 0 Å². The van der Waals surface area contributed by atoms with Crippen molar-refractivity contribution in [2.24, 2.45) is 0 Å². The van der Waals surface area contributed by atoms with Crippen molar-refractivity contribution in [3.63, 3.8) is 0 Å². The molecule has 1 aliphatic rings. The highest BCUT2D eigenvalue weighted by Gasteiger charge is 2.22. The van der Waals surface area contributed by atoms with E-state index < -0.39 is 0 Å². The van der Waals surface area contributed by atoms with Crippen molar-refractivity contribution in [2.45, 2.75) is 39.7 Å². The Morgan fingerprint density at radius 2 is 2.12 bits per heavy atom. The van der Waals surface area contributed by atoms with Crippen LogP contribution in [0.15, 0.2) is 48.2 Å². The number of nitrogens with zero attached hydrogens (tertiary/aromatic N) is 1. The molecule has 1 saturated heterocycles. The van der Waals surface area contributed by atoms with Gasteiger partial charge in [-0.25, -0.2) is 0 Å². The van der Waals surface area contributed by atoms with Crippen molar-refractivity contribution >= 4 is 0 Å². The first kappa shape index (κ1) is 12.8. The van der Waals surface area contributed by atoms with Gasteiger partial charge in [0.2, 0.25) is 0 Å². The largest absolute Gasteiger partial charge is 0.369 e. The molecule has 1 unspecified atom stereocenters. The minimum absolute atomic E-state index is 0.613. The van der Waals surface area contributed by atoms with Crippen molar-refractivity contribution in [3.8, 4) is 0 Å². The Kier molecular flexibility index (Phi) is 4.60. The molecule has 0 aliphatic carbocycles. The van der Waals surface area contributed by atoms with E-state index in [1.807, 2.05) is 13.0 Å². The van der Waals surface area contributed by atoms with Crippen LogP contribution in [0.25, 0.3) is 0 Å². The van der Waals surface area contributed by atoms with Crippen molar-refractivity contribution in [1.82, 2.24) is 4.90 Å². The van der Waals surface area contributed by atoms with Gasteiger partial charge in [-0.3, -0.25) is 0 Å². The Bertz CT molecular complexity index is 333. The van der Waals surface area contributed by atoms with Gasteiger partial charge in [0.25, 0.3) is 0 Å². The van der Waals surface area contributed by atoms with Gasteiger partial charge in [-0.2, -0.15) is 0 Å².